The van der Waals surface area contributed by atoms with Crippen molar-refractivity contribution >= 4 is 18.0 Å². The van der Waals surface area contributed by atoms with E-state index in [2.05, 4.69) is 10.6 Å². The average Bonchev–Trinajstić information content (AvgIpc) is 2.55. The van der Waals surface area contributed by atoms with Crippen LogP contribution in [0.5, 0.6) is 0 Å². The molecule has 0 saturated carbocycles. The zero-order valence-electron chi connectivity index (χ0n) is 12.8. The molecular weight excluding hydrogens is 276 g/mol. The third kappa shape index (κ3) is 3.73. The van der Waals surface area contributed by atoms with E-state index in [1.807, 2.05) is 44.2 Å². The van der Waals surface area contributed by atoms with E-state index in [4.69, 9.17) is 0 Å². The minimum absolute atomic E-state index is 0.0456. The molecule has 2 aromatic rings. The number of carbonyl (C=O) groups excluding carboxylic acids is 2. The van der Waals surface area contributed by atoms with Crippen LogP contribution in [0.1, 0.15) is 40.9 Å². The second kappa shape index (κ2) is 7.41. The predicted molar refractivity (Wildman–Crippen MR) is 88.2 cm³/mol. The fourth-order valence-corrected chi connectivity index (χ4v) is 2.34. The van der Waals surface area contributed by atoms with Crippen LogP contribution >= 0.6 is 0 Å². The van der Waals surface area contributed by atoms with Crippen LogP contribution in [0.25, 0.3) is 0 Å². The lowest BCUT2D eigenvalue weighted by Crippen LogP contribution is -2.32. The van der Waals surface area contributed by atoms with E-state index in [0.717, 1.165) is 23.8 Å². The quantitative estimate of drug-likeness (QED) is 0.817. The first-order chi connectivity index (χ1) is 10.7. The Balaban J connectivity index is 2.08. The number of benzene rings is 2. The monoisotopic (exact) mass is 296 g/mol. The molecule has 1 atom stereocenters. The number of nitrogens with one attached hydrogen (secondary N) is 2. The van der Waals surface area contributed by atoms with Crippen LogP contribution in [-0.4, -0.2) is 12.3 Å². The van der Waals surface area contributed by atoms with Gasteiger partial charge >= 0.3 is 6.03 Å². The topological polar surface area (TPSA) is 58.2 Å². The van der Waals surface area contributed by atoms with Crippen molar-refractivity contribution in [1.82, 2.24) is 5.32 Å². The summed E-state index contributed by atoms with van der Waals surface area (Å²) < 4.78 is 0. The van der Waals surface area contributed by atoms with Gasteiger partial charge in [0.05, 0.1) is 6.04 Å². The number of hydrogen-bond acceptors (Lipinski definition) is 2. The summed E-state index contributed by atoms with van der Waals surface area (Å²) in [6.45, 7) is 3.84. The van der Waals surface area contributed by atoms with E-state index >= 15 is 0 Å². The average molecular weight is 296 g/mol. The van der Waals surface area contributed by atoms with E-state index in [1.54, 1.807) is 18.2 Å². The maximum Gasteiger partial charge on any atom is 0.319 e. The Hall–Kier alpha value is -2.62. The van der Waals surface area contributed by atoms with E-state index in [0.29, 0.717) is 11.3 Å². The van der Waals surface area contributed by atoms with Crippen molar-refractivity contribution in [2.24, 2.45) is 0 Å². The Kier molecular flexibility index (Phi) is 5.31. The van der Waals surface area contributed by atoms with Gasteiger partial charge in [0.25, 0.3) is 0 Å². The number of urea groups is 1. The highest BCUT2D eigenvalue weighted by Gasteiger charge is 2.13. The highest BCUT2D eigenvalue weighted by atomic mass is 16.2. The summed E-state index contributed by atoms with van der Waals surface area (Å²) in [4.78, 5) is 23.1. The maximum atomic E-state index is 12.2. The molecule has 0 bridgehead atoms. The number of amides is 2. The van der Waals surface area contributed by atoms with E-state index in [9.17, 15) is 9.59 Å². The number of rotatable bonds is 5. The van der Waals surface area contributed by atoms with Gasteiger partial charge in [-0.25, -0.2) is 4.79 Å². The Morgan fingerprint density at radius 2 is 1.86 bits per heavy atom. The van der Waals surface area contributed by atoms with Crippen LogP contribution in [0.15, 0.2) is 48.5 Å². The molecule has 0 aliphatic rings. The third-order valence-corrected chi connectivity index (χ3v) is 3.67. The van der Waals surface area contributed by atoms with Crippen LogP contribution < -0.4 is 10.6 Å². The van der Waals surface area contributed by atoms with Gasteiger partial charge in [0.1, 0.15) is 6.29 Å². The molecule has 2 rings (SSSR count). The van der Waals surface area contributed by atoms with Crippen molar-refractivity contribution in [2.75, 3.05) is 5.32 Å². The molecule has 4 heteroatoms. The molecule has 114 valence electrons. The first-order valence-corrected chi connectivity index (χ1v) is 7.33. The van der Waals surface area contributed by atoms with Crippen molar-refractivity contribution in [3.63, 3.8) is 0 Å². The smallest absolute Gasteiger partial charge is 0.319 e. The van der Waals surface area contributed by atoms with Crippen LogP contribution in [-0.2, 0) is 0 Å². The first kappa shape index (κ1) is 15.8. The molecule has 2 aromatic carbocycles. The lowest BCUT2D eigenvalue weighted by Gasteiger charge is -2.18. The lowest BCUT2D eigenvalue weighted by molar-refractivity contribution is 0.112. The van der Waals surface area contributed by atoms with Gasteiger partial charge in [-0.2, -0.15) is 0 Å². The Labute approximate surface area is 130 Å². The van der Waals surface area contributed by atoms with Crippen molar-refractivity contribution in [3.8, 4) is 0 Å². The number of carbonyl (C=O) groups is 2. The zero-order valence-corrected chi connectivity index (χ0v) is 12.8. The van der Waals surface area contributed by atoms with Crippen LogP contribution in [0, 0.1) is 6.92 Å². The molecule has 0 aromatic heterocycles. The van der Waals surface area contributed by atoms with Gasteiger partial charge in [-0.05, 0) is 30.5 Å². The van der Waals surface area contributed by atoms with Crippen molar-refractivity contribution < 1.29 is 9.59 Å². The van der Waals surface area contributed by atoms with Gasteiger partial charge < -0.3 is 10.6 Å². The summed E-state index contributed by atoms with van der Waals surface area (Å²) in [5, 5.41) is 5.77. The molecule has 1 unspecified atom stereocenters. The third-order valence-electron chi connectivity index (χ3n) is 3.67. The first-order valence-electron chi connectivity index (χ1n) is 7.33. The molecule has 2 amide bonds. The largest absolute Gasteiger partial charge is 0.331 e. The normalized spacial score (nSPS) is 11.5. The molecule has 2 N–H and O–H groups in total. The Morgan fingerprint density at radius 3 is 2.50 bits per heavy atom. The van der Waals surface area contributed by atoms with Crippen LogP contribution in [0.2, 0.25) is 0 Å². The minimum Gasteiger partial charge on any atom is -0.331 e. The van der Waals surface area contributed by atoms with Crippen molar-refractivity contribution in [2.45, 2.75) is 26.3 Å². The van der Waals surface area contributed by atoms with Gasteiger partial charge in [-0.1, -0.05) is 49.4 Å². The molecule has 4 nitrogen and oxygen atoms in total. The van der Waals surface area contributed by atoms with Crippen molar-refractivity contribution in [1.29, 1.82) is 0 Å². The molecule has 0 aliphatic heterocycles. The molecule has 0 heterocycles. The van der Waals surface area contributed by atoms with Crippen LogP contribution in [0.4, 0.5) is 10.5 Å². The summed E-state index contributed by atoms with van der Waals surface area (Å²) in [5.41, 5.74) is 3.05. The maximum absolute atomic E-state index is 12.2. The second-order valence-electron chi connectivity index (χ2n) is 5.11. The second-order valence-corrected chi connectivity index (χ2v) is 5.11. The fraction of sp³-hybridized carbons (Fsp3) is 0.222. The van der Waals surface area contributed by atoms with Gasteiger partial charge in [-0.15, -0.1) is 0 Å². The number of aldehydes is 1. The van der Waals surface area contributed by atoms with E-state index in [-0.39, 0.29) is 12.1 Å². The standard InChI is InChI=1S/C18H20N2O2/c1-3-16(14-8-5-4-6-9-14)19-18(22)20-17-11-7-10-15(12-21)13(17)2/h4-12,16H,3H2,1-2H3,(H2,19,20,22). The predicted octanol–water partition coefficient (Wildman–Crippen LogP) is 4.08. The lowest BCUT2D eigenvalue weighted by atomic mass is 10.1. The Bertz CT molecular complexity index is 653. The molecular formula is C18H20N2O2. The molecule has 0 radical (unpaired) electrons. The van der Waals surface area contributed by atoms with Gasteiger partial charge in [0.15, 0.2) is 0 Å². The van der Waals surface area contributed by atoms with Crippen molar-refractivity contribution in [3.05, 3.63) is 65.2 Å². The van der Waals surface area contributed by atoms with E-state index < -0.39 is 0 Å². The molecule has 0 saturated heterocycles. The van der Waals surface area contributed by atoms with Crippen LogP contribution in [0.3, 0.4) is 0 Å². The SMILES string of the molecule is CCC(NC(=O)Nc1cccc(C=O)c1C)c1ccccc1. The van der Waals surface area contributed by atoms with Gasteiger partial charge in [0.2, 0.25) is 0 Å². The molecule has 0 fully saturated rings. The summed E-state index contributed by atoms with van der Waals surface area (Å²) in [5.74, 6) is 0. The summed E-state index contributed by atoms with van der Waals surface area (Å²) in [6.07, 6.45) is 1.59. The highest BCUT2D eigenvalue weighted by Crippen LogP contribution is 2.19. The summed E-state index contributed by atoms with van der Waals surface area (Å²) in [7, 11) is 0. The minimum atomic E-state index is -0.276. The molecule has 0 aliphatic carbocycles. The number of hydrogen-bond donors (Lipinski definition) is 2. The fourth-order valence-electron chi connectivity index (χ4n) is 2.34. The van der Waals surface area contributed by atoms with Gasteiger partial charge in [-0.3, -0.25) is 4.79 Å². The van der Waals surface area contributed by atoms with Gasteiger partial charge in [0, 0.05) is 11.3 Å². The highest BCUT2D eigenvalue weighted by molar-refractivity contribution is 5.92. The number of anilines is 1. The molecule has 0 spiro atoms. The molecule has 22 heavy (non-hydrogen) atoms. The zero-order chi connectivity index (χ0) is 15.9. The summed E-state index contributed by atoms with van der Waals surface area (Å²) >= 11 is 0. The van der Waals surface area contributed by atoms with E-state index in [1.165, 1.54) is 0 Å². The Morgan fingerprint density at radius 1 is 1.14 bits per heavy atom. The summed E-state index contributed by atoms with van der Waals surface area (Å²) in [6, 6.07) is 14.8.